The van der Waals surface area contributed by atoms with Crippen LogP contribution in [0.1, 0.15) is 5.56 Å². The number of halogens is 1. The first-order chi connectivity index (χ1) is 8.09. The molecule has 2 aromatic rings. The molecule has 0 bridgehead atoms. The fraction of sp³-hybridized carbons (Fsp3) is 0.0769. The average Bonchev–Trinajstić information content (AvgIpc) is 2.33. The predicted octanol–water partition coefficient (Wildman–Crippen LogP) is 4.22. The van der Waals surface area contributed by atoms with Crippen molar-refractivity contribution in [3.63, 3.8) is 0 Å². The van der Waals surface area contributed by atoms with Crippen molar-refractivity contribution < 1.29 is 4.92 Å². The summed E-state index contributed by atoms with van der Waals surface area (Å²) in [5.41, 5.74) is 2.40. The van der Waals surface area contributed by atoms with Crippen LogP contribution in [-0.4, -0.2) is 4.92 Å². The Kier molecular flexibility index (Phi) is 3.11. The minimum atomic E-state index is -0.457. The van der Waals surface area contributed by atoms with Gasteiger partial charge in [-0.1, -0.05) is 41.9 Å². The number of hydrogen-bond donors (Lipinski definition) is 0. The van der Waals surface area contributed by atoms with Gasteiger partial charge in [-0.25, -0.2) is 0 Å². The van der Waals surface area contributed by atoms with Crippen molar-refractivity contribution in [2.75, 3.05) is 0 Å². The molecule has 0 atom stereocenters. The lowest BCUT2D eigenvalue weighted by atomic mass is 10.0. The van der Waals surface area contributed by atoms with E-state index in [1.165, 1.54) is 6.07 Å². The molecule has 3 nitrogen and oxygen atoms in total. The molecule has 0 aliphatic carbocycles. The van der Waals surface area contributed by atoms with Gasteiger partial charge in [0.25, 0.3) is 5.69 Å². The molecule has 0 fully saturated rings. The van der Waals surface area contributed by atoms with Crippen molar-refractivity contribution >= 4 is 17.3 Å². The summed E-state index contributed by atoms with van der Waals surface area (Å²) in [5, 5.41) is 11.1. The zero-order chi connectivity index (χ0) is 12.4. The van der Waals surface area contributed by atoms with Crippen LogP contribution in [-0.2, 0) is 0 Å². The lowest BCUT2D eigenvalue weighted by Gasteiger charge is -2.05. The molecular formula is C13H10ClNO2. The first kappa shape index (κ1) is 11.6. The average molecular weight is 248 g/mol. The van der Waals surface area contributed by atoms with Crippen LogP contribution in [0.4, 0.5) is 5.69 Å². The third-order valence-corrected chi connectivity index (χ3v) is 3.03. The number of hydrogen-bond acceptors (Lipinski definition) is 2. The summed E-state index contributed by atoms with van der Waals surface area (Å²) in [7, 11) is 0. The van der Waals surface area contributed by atoms with E-state index in [0.29, 0.717) is 5.56 Å². The zero-order valence-corrected chi connectivity index (χ0v) is 9.94. The van der Waals surface area contributed by atoms with Crippen molar-refractivity contribution in [1.29, 1.82) is 0 Å². The maximum Gasteiger partial charge on any atom is 0.288 e. The molecule has 0 amide bonds. The minimum absolute atomic E-state index is 0.0504. The number of nitro benzene ring substituents is 1. The third kappa shape index (κ3) is 2.29. The topological polar surface area (TPSA) is 43.1 Å². The smallest absolute Gasteiger partial charge is 0.258 e. The summed E-state index contributed by atoms with van der Waals surface area (Å²) >= 11 is 5.91. The maximum atomic E-state index is 10.9. The predicted molar refractivity (Wildman–Crippen MR) is 68.3 cm³/mol. The first-order valence-electron chi connectivity index (χ1n) is 5.09. The second-order valence-corrected chi connectivity index (χ2v) is 4.13. The molecule has 0 unspecified atom stereocenters. The Balaban J connectivity index is 2.61. The lowest BCUT2D eigenvalue weighted by Crippen LogP contribution is -1.92. The molecule has 0 saturated carbocycles. The highest BCUT2D eigenvalue weighted by Gasteiger charge is 2.16. The van der Waals surface area contributed by atoms with Crippen molar-refractivity contribution in [3.05, 3.63) is 63.2 Å². The van der Waals surface area contributed by atoms with Gasteiger partial charge < -0.3 is 0 Å². The van der Waals surface area contributed by atoms with Crippen molar-refractivity contribution in [2.24, 2.45) is 0 Å². The number of aryl methyl sites for hydroxylation is 1. The van der Waals surface area contributed by atoms with Crippen molar-refractivity contribution in [1.82, 2.24) is 0 Å². The minimum Gasteiger partial charge on any atom is -0.258 e. The van der Waals surface area contributed by atoms with Crippen LogP contribution in [0.15, 0.2) is 42.5 Å². The van der Waals surface area contributed by atoms with Crippen LogP contribution < -0.4 is 0 Å². The van der Waals surface area contributed by atoms with Crippen LogP contribution >= 0.6 is 11.6 Å². The van der Waals surface area contributed by atoms with Gasteiger partial charge in [-0.3, -0.25) is 10.1 Å². The molecular weight excluding hydrogens is 238 g/mol. The summed E-state index contributed by atoms with van der Waals surface area (Å²) in [5.74, 6) is 0. The van der Waals surface area contributed by atoms with Crippen molar-refractivity contribution in [3.8, 4) is 11.1 Å². The van der Waals surface area contributed by atoms with Gasteiger partial charge in [0.05, 0.1) is 4.92 Å². The molecule has 2 aromatic carbocycles. The van der Waals surface area contributed by atoms with Gasteiger partial charge in [0.1, 0.15) is 5.02 Å². The molecule has 0 N–H and O–H groups in total. The van der Waals surface area contributed by atoms with Gasteiger partial charge in [0.15, 0.2) is 0 Å². The second-order valence-electron chi connectivity index (χ2n) is 3.75. The molecule has 17 heavy (non-hydrogen) atoms. The van der Waals surface area contributed by atoms with E-state index in [9.17, 15) is 10.1 Å². The van der Waals surface area contributed by atoms with Crippen LogP contribution in [0.5, 0.6) is 0 Å². The second kappa shape index (κ2) is 4.55. The number of nitrogens with zero attached hydrogens (tertiary/aromatic N) is 1. The summed E-state index contributed by atoms with van der Waals surface area (Å²) < 4.78 is 0. The highest BCUT2D eigenvalue weighted by atomic mass is 35.5. The Bertz CT molecular complexity index is 567. The van der Waals surface area contributed by atoms with Gasteiger partial charge in [0, 0.05) is 6.07 Å². The summed E-state index contributed by atoms with van der Waals surface area (Å²) in [6.45, 7) is 1.77. The van der Waals surface area contributed by atoms with E-state index in [1.807, 2.05) is 36.4 Å². The Labute approximate surface area is 104 Å². The standard InChI is InChI=1S/C13H10ClNO2/c1-9-7-11(10-5-3-2-4-6-10)8-12(13(9)14)15(16)17/h2-8H,1H3. The Morgan fingerprint density at radius 1 is 1.12 bits per heavy atom. The molecule has 0 saturated heterocycles. The van der Waals surface area contributed by atoms with Crippen LogP contribution in [0.3, 0.4) is 0 Å². The maximum absolute atomic E-state index is 10.9. The summed E-state index contributed by atoms with van der Waals surface area (Å²) in [6, 6.07) is 12.9. The summed E-state index contributed by atoms with van der Waals surface area (Å²) in [4.78, 5) is 10.4. The molecule has 4 heteroatoms. The Hall–Kier alpha value is -1.87. The molecule has 0 radical (unpaired) electrons. The molecule has 0 aliphatic rings. The van der Waals surface area contributed by atoms with E-state index >= 15 is 0 Å². The highest BCUT2D eigenvalue weighted by Crippen LogP contribution is 2.33. The first-order valence-corrected chi connectivity index (χ1v) is 5.47. The van der Waals surface area contributed by atoms with Gasteiger partial charge in [-0.15, -0.1) is 0 Å². The van der Waals surface area contributed by atoms with Crippen LogP contribution in [0.25, 0.3) is 11.1 Å². The molecule has 0 aliphatic heterocycles. The summed E-state index contributed by atoms with van der Waals surface area (Å²) in [6.07, 6.45) is 0. The van der Waals surface area contributed by atoms with E-state index in [4.69, 9.17) is 11.6 Å². The zero-order valence-electron chi connectivity index (χ0n) is 9.18. The monoisotopic (exact) mass is 247 g/mol. The number of nitro groups is 1. The quantitative estimate of drug-likeness (QED) is 0.589. The fourth-order valence-corrected chi connectivity index (χ4v) is 1.86. The van der Waals surface area contributed by atoms with Crippen molar-refractivity contribution in [2.45, 2.75) is 6.92 Å². The SMILES string of the molecule is Cc1cc(-c2ccccc2)cc([N+](=O)[O-])c1Cl. The number of rotatable bonds is 2. The largest absolute Gasteiger partial charge is 0.288 e. The normalized spacial score (nSPS) is 10.2. The van der Waals surface area contributed by atoms with E-state index in [0.717, 1.165) is 11.1 Å². The molecule has 0 heterocycles. The van der Waals surface area contributed by atoms with Crippen LogP contribution in [0, 0.1) is 17.0 Å². The molecule has 86 valence electrons. The number of benzene rings is 2. The Morgan fingerprint density at radius 3 is 2.35 bits per heavy atom. The lowest BCUT2D eigenvalue weighted by molar-refractivity contribution is -0.384. The van der Waals surface area contributed by atoms with E-state index in [2.05, 4.69) is 0 Å². The van der Waals surface area contributed by atoms with Crippen LogP contribution in [0.2, 0.25) is 5.02 Å². The van der Waals surface area contributed by atoms with E-state index < -0.39 is 4.92 Å². The highest BCUT2D eigenvalue weighted by molar-refractivity contribution is 6.33. The van der Waals surface area contributed by atoms with Gasteiger partial charge in [-0.2, -0.15) is 0 Å². The van der Waals surface area contributed by atoms with Gasteiger partial charge in [0.2, 0.25) is 0 Å². The molecule has 0 spiro atoms. The molecule has 2 rings (SSSR count). The van der Waals surface area contributed by atoms with E-state index in [1.54, 1.807) is 6.92 Å². The van der Waals surface area contributed by atoms with Gasteiger partial charge >= 0.3 is 0 Å². The van der Waals surface area contributed by atoms with Gasteiger partial charge in [-0.05, 0) is 29.7 Å². The fourth-order valence-electron chi connectivity index (χ4n) is 1.68. The third-order valence-electron chi connectivity index (χ3n) is 2.54. The molecule has 0 aromatic heterocycles. The Morgan fingerprint density at radius 2 is 1.76 bits per heavy atom. The van der Waals surface area contributed by atoms with E-state index in [-0.39, 0.29) is 10.7 Å².